The van der Waals surface area contributed by atoms with Crippen LogP contribution in [-0.2, 0) is 12.8 Å². The van der Waals surface area contributed by atoms with E-state index in [2.05, 4.69) is 53.8 Å². The van der Waals surface area contributed by atoms with Gasteiger partial charge in [0.1, 0.15) is 17.8 Å². The van der Waals surface area contributed by atoms with Gasteiger partial charge >= 0.3 is 0 Å². The Balaban J connectivity index is 1.75. The number of aromatic nitrogens is 2. The third-order valence-corrected chi connectivity index (χ3v) is 5.10. The number of hydrogen-bond acceptors (Lipinski definition) is 4. The molecular formula is C22H29N3O. The van der Waals surface area contributed by atoms with E-state index in [9.17, 15) is 4.79 Å². The van der Waals surface area contributed by atoms with Crippen molar-refractivity contribution in [2.75, 3.05) is 18.0 Å². The van der Waals surface area contributed by atoms with Crippen LogP contribution in [0.4, 0.5) is 5.82 Å². The molecule has 0 aliphatic heterocycles. The summed E-state index contributed by atoms with van der Waals surface area (Å²) in [7, 11) is 0. The summed E-state index contributed by atoms with van der Waals surface area (Å²) in [6, 6.07) is 8.23. The number of aryl methyl sites for hydroxylation is 2. The molecule has 1 aliphatic carbocycles. The number of carbonyl (C=O) groups is 1. The predicted octanol–water partition coefficient (Wildman–Crippen LogP) is 4.40. The highest BCUT2D eigenvalue weighted by Crippen LogP contribution is 2.31. The first-order chi connectivity index (χ1) is 12.6. The van der Waals surface area contributed by atoms with Crippen molar-refractivity contribution >= 4 is 11.6 Å². The minimum absolute atomic E-state index is 0.0591. The van der Waals surface area contributed by atoms with Crippen molar-refractivity contribution in [3.63, 3.8) is 0 Å². The summed E-state index contributed by atoms with van der Waals surface area (Å²) in [5.41, 5.74) is 4.08. The van der Waals surface area contributed by atoms with Gasteiger partial charge in [-0.05, 0) is 55.2 Å². The van der Waals surface area contributed by atoms with E-state index in [4.69, 9.17) is 0 Å². The highest BCUT2D eigenvalue weighted by molar-refractivity contribution is 5.96. The van der Waals surface area contributed by atoms with Crippen LogP contribution in [0.25, 0.3) is 0 Å². The summed E-state index contributed by atoms with van der Waals surface area (Å²) in [5, 5.41) is 0. The van der Waals surface area contributed by atoms with Crippen LogP contribution in [0.5, 0.6) is 0 Å². The number of rotatable bonds is 9. The second-order valence-corrected chi connectivity index (χ2v) is 7.37. The van der Waals surface area contributed by atoms with Crippen molar-refractivity contribution in [3.05, 3.63) is 53.0 Å². The Labute approximate surface area is 156 Å². The third kappa shape index (κ3) is 4.69. The van der Waals surface area contributed by atoms with E-state index in [0.29, 0.717) is 12.1 Å². The molecule has 1 aromatic carbocycles. The average molecular weight is 351 g/mol. The highest BCUT2D eigenvalue weighted by Gasteiger charge is 2.25. The first kappa shape index (κ1) is 18.6. The lowest BCUT2D eigenvalue weighted by Gasteiger charge is -2.23. The number of Topliss-reactive ketones (excluding diaryl/α,β-unsaturated/α-hetero) is 1. The maximum absolute atomic E-state index is 12.8. The van der Waals surface area contributed by atoms with E-state index in [1.807, 2.05) is 6.07 Å². The first-order valence-corrected chi connectivity index (χ1v) is 9.79. The lowest BCUT2D eigenvalue weighted by atomic mass is 9.99. The lowest BCUT2D eigenvalue weighted by Crippen LogP contribution is -2.27. The molecule has 1 heterocycles. The molecule has 1 aliphatic rings. The Bertz CT molecular complexity index is 768. The van der Waals surface area contributed by atoms with E-state index in [-0.39, 0.29) is 5.78 Å². The second kappa shape index (κ2) is 8.43. The molecule has 4 heteroatoms. The molecule has 0 saturated heterocycles. The van der Waals surface area contributed by atoms with Gasteiger partial charge < -0.3 is 4.90 Å². The summed E-state index contributed by atoms with van der Waals surface area (Å²) in [5.74, 6) is 1.73. The van der Waals surface area contributed by atoms with Gasteiger partial charge in [0, 0.05) is 25.6 Å². The summed E-state index contributed by atoms with van der Waals surface area (Å²) < 4.78 is 0. The Kier molecular flexibility index (Phi) is 6.02. The van der Waals surface area contributed by atoms with Gasteiger partial charge in [-0.15, -0.1) is 0 Å². The summed E-state index contributed by atoms with van der Waals surface area (Å²) in [4.78, 5) is 23.8. The number of carbonyl (C=O) groups excluding carboxylic acids is 1. The summed E-state index contributed by atoms with van der Waals surface area (Å²) in [6.07, 6.45) is 6.63. The Hall–Kier alpha value is -2.23. The van der Waals surface area contributed by atoms with E-state index >= 15 is 0 Å². The van der Waals surface area contributed by atoms with Crippen molar-refractivity contribution in [1.29, 1.82) is 0 Å². The van der Waals surface area contributed by atoms with Crippen molar-refractivity contribution in [1.82, 2.24) is 9.97 Å². The number of benzene rings is 1. The Morgan fingerprint density at radius 1 is 1.19 bits per heavy atom. The molecule has 1 aromatic heterocycles. The standard InChI is InChI=1S/C22H29N3O/c1-4-10-25(14-18-6-7-18)22-13-20(23-15-24-22)21(26)12-19-9-8-17(5-2)11-16(19)3/h8-9,11,13,15,18H,4-7,10,12,14H2,1-3H3. The highest BCUT2D eigenvalue weighted by atomic mass is 16.1. The molecule has 0 atom stereocenters. The molecule has 138 valence electrons. The smallest absolute Gasteiger partial charge is 0.185 e. The van der Waals surface area contributed by atoms with Gasteiger partial charge in [0.05, 0.1) is 0 Å². The average Bonchev–Trinajstić information content (AvgIpc) is 3.47. The van der Waals surface area contributed by atoms with Crippen molar-refractivity contribution in [3.8, 4) is 0 Å². The number of hydrogen-bond donors (Lipinski definition) is 0. The van der Waals surface area contributed by atoms with E-state index in [1.54, 1.807) is 0 Å². The molecular weight excluding hydrogens is 322 g/mol. The molecule has 0 unspecified atom stereocenters. The normalized spacial score (nSPS) is 13.7. The molecule has 0 radical (unpaired) electrons. The Morgan fingerprint density at radius 3 is 2.65 bits per heavy atom. The molecule has 2 aromatic rings. The quantitative estimate of drug-likeness (QED) is 0.628. The monoisotopic (exact) mass is 351 g/mol. The number of nitrogens with zero attached hydrogens (tertiary/aromatic N) is 3. The first-order valence-electron chi connectivity index (χ1n) is 9.79. The van der Waals surface area contributed by atoms with Gasteiger partial charge in [-0.3, -0.25) is 4.79 Å². The molecule has 0 spiro atoms. The molecule has 3 rings (SSSR count). The molecule has 0 amide bonds. The van der Waals surface area contributed by atoms with Gasteiger partial charge in [-0.2, -0.15) is 0 Å². The molecule has 26 heavy (non-hydrogen) atoms. The largest absolute Gasteiger partial charge is 0.356 e. The van der Waals surface area contributed by atoms with Crippen molar-refractivity contribution in [2.24, 2.45) is 5.92 Å². The van der Waals surface area contributed by atoms with Crippen LogP contribution in [0.2, 0.25) is 0 Å². The predicted molar refractivity (Wildman–Crippen MR) is 106 cm³/mol. The minimum Gasteiger partial charge on any atom is -0.356 e. The number of anilines is 1. The molecule has 1 saturated carbocycles. The van der Waals surface area contributed by atoms with Crippen LogP contribution >= 0.6 is 0 Å². The van der Waals surface area contributed by atoms with E-state index in [1.165, 1.54) is 30.3 Å². The van der Waals surface area contributed by atoms with E-state index < -0.39 is 0 Å². The van der Waals surface area contributed by atoms with Crippen LogP contribution in [0.15, 0.2) is 30.6 Å². The van der Waals surface area contributed by atoms with Crippen molar-refractivity contribution in [2.45, 2.75) is 52.9 Å². The lowest BCUT2D eigenvalue weighted by molar-refractivity contribution is 0.0988. The third-order valence-electron chi connectivity index (χ3n) is 5.10. The maximum atomic E-state index is 12.8. The number of ketones is 1. The van der Waals surface area contributed by atoms with Crippen molar-refractivity contribution < 1.29 is 4.79 Å². The maximum Gasteiger partial charge on any atom is 0.185 e. The summed E-state index contributed by atoms with van der Waals surface area (Å²) in [6.45, 7) is 8.40. The zero-order chi connectivity index (χ0) is 18.5. The minimum atomic E-state index is 0.0591. The van der Waals surface area contributed by atoms with E-state index in [0.717, 1.165) is 43.2 Å². The van der Waals surface area contributed by atoms with Gasteiger partial charge in [-0.1, -0.05) is 32.0 Å². The van der Waals surface area contributed by atoms with Gasteiger partial charge in [-0.25, -0.2) is 9.97 Å². The Morgan fingerprint density at radius 2 is 2.00 bits per heavy atom. The molecule has 0 N–H and O–H groups in total. The van der Waals surface area contributed by atoms with Crippen LogP contribution < -0.4 is 4.90 Å². The zero-order valence-corrected chi connectivity index (χ0v) is 16.2. The SMILES string of the molecule is CCCN(CC1CC1)c1cc(C(=O)Cc2ccc(CC)cc2C)ncn1. The second-order valence-electron chi connectivity index (χ2n) is 7.37. The van der Waals surface area contributed by atoms with Crippen LogP contribution in [-0.4, -0.2) is 28.8 Å². The fraction of sp³-hybridized carbons (Fsp3) is 0.500. The molecule has 1 fully saturated rings. The van der Waals surface area contributed by atoms with Gasteiger partial charge in [0.25, 0.3) is 0 Å². The fourth-order valence-electron chi connectivity index (χ4n) is 3.29. The zero-order valence-electron chi connectivity index (χ0n) is 16.2. The van der Waals surface area contributed by atoms with Crippen LogP contribution in [0.3, 0.4) is 0 Å². The van der Waals surface area contributed by atoms with Crippen LogP contribution in [0.1, 0.15) is 60.3 Å². The fourth-order valence-corrected chi connectivity index (χ4v) is 3.29. The molecule has 4 nitrogen and oxygen atoms in total. The van der Waals surface area contributed by atoms with Crippen LogP contribution in [0, 0.1) is 12.8 Å². The summed E-state index contributed by atoms with van der Waals surface area (Å²) >= 11 is 0. The topological polar surface area (TPSA) is 46.1 Å². The van der Waals surface area contributed by atoms with Gasteiger partial charge in [0.2, 0.25) is 0 Å². The van der Waals surface area contributed by atoms with Gasteiger partial charge in [0.15, 0.2) is 5.78 Å². The molecule has 0 bridgehead atoms.